The molecule has 0 spiro atoms. The van der Waals surface area contributed by atoms with Gasteiger partial charge in [-0.2, -0.15) is 0 Å². The number of amides is 2. The Hall–Kier alpha value is -2.24. The highest BCUT2D eigenvalue weighted by Crippen LogP contribution is 2.32. The van der Waals surface area contributed by atoms with Crippen molar-refractivity contribution < 1.29 is 19.1 Å². The fourth-order valence-corrected chi connectivity index (χ4v) is 1.46. The lowest BCUT2D eigenvalue weighted by atomic mass is 10.2. The van der Waals surface area contributed by atoms with Gasteiger partial charge in [-0.15, -0.1) is 0 Å². The Bertz CT molecular complexity index is 473. The van der Waals surface area contributed by atoms with Crippen molar-refractivity contribution in [2.24, 2.45) is 0 Å². The van der Waals surface area contributed by atoms with Crippen LogP contribution in [0, 0.1) is 0 Å². The van der Waals surface area contributed by atoms with Crippen LogP contribution in [0.5, 0.6) is 5.75 Å². The van der Waals surface area contributed by atoms with Gasteiger partial charge in [0.05, 0.1) is 12.8 Å². The van der Waals surface area contributed by atoms with E-state index in [0.717, 1.165) is 0 Å². The molecule has 1 aliphatic heterocycles. The third-order valence-electron chi connectivity index (χ3n) is 2.34. The fourth-order valence-electron chi connectivity index (χ4n) is 1.46. The van der Waals surface area contributed by atoms with Gasteiger partial charge in [0.2, 0.25) is 0 Å². The highest BCUT2D eigenvalue weighted by atomic mass is 16.5. The summed E-state index contributed by atoms with van der Waals surface area (Å²) in [6.07, 6.45) is -1.08. The van der Waals surface area contributed by atoms with Gasteiger partial charge in [0.25, 0.3) is 5.91 Å². The van der Waals surface area contributed by atoms with Crippen LogP contribution in [-0.2, 0) is 9.53 Å². The molecule has 90 valence electrons. The highest BCUT2D eigenvalue weighted by molar-refractivity contribution is 5.98. The lowest BCUT2D eigenvalue weighted by Crippen LogP contribution is -2.34. The summed E-state index contributed by atoms with van der Waals surface area (Å²) in [4.78, 5) is 22.4. The largest absolute Gasteiger partial charge is 0.479 e. The SMILES string of the molecule is COC(=O)Nc1ccc2c(c1)NC(=O)C(C)O2. The molecule has 17 heavy (non-hydrogen) atoms. The molecule has 0 aliphatic carbocycles. The molecule has 2 rings (SSSR count). The summed E-state index contributed by atoms with van der Waals surface area (Å²) in [5.41, 5.74) is 1.05. The quantitative estimate of drug-likeness (QED) is 0.776. The molecule has 1 unspecified atom stereocenters. The topological polar surface area (TPSA) is 76.7 Å². The van der Waals surface area contributed by atoms with Crippen molar-refractivity contribution in [3.63, 3.8) is 0 Å². The second-order valence-corrected chi connectivity index (χ2v) is 3.58. The maximum Gasteiger partial charge on any atom is 0.411 e. The fraction of sp³-hybridized carbons (Fsp3) is 0.273. The zero-order valence-electron chi connectivity index (χ0n) is 9.44. The summed E-state index contributed by atoms with van der Waals surface area (Å²) in [6, 6.07) is 4.95. The minimum atomic E-state index is -0.568. The van der Waals surface area contributed by atoms with Crippen LogP contribution in [0.2, 0.25) is 0 Å². The van der Waals surface area contributed by atoms with Gasteiger partial charge in [-0.05, 0) is 25.1 Å². The van der Waals surface area contributed by atoms with Crippen molar-refractivity contribution in [3.05, 3.63) is 18.2 Å². The van der Waals surface area contributed by atoms with Crippen molar-refractivity contribution in [1.82, 2.24) is 0 Å². The first-order valence-corrected chi connectivity index (χ1v) is 5.06. The maximum atomic E-state index is 11.4. The van der Waals surface area contributed by atoms with Crippen LogP contribution >= 0.6 is 0 Å². The lowest BCUT2D eigenvalue weighted by molar-refractivity contribution is -0.122. The summed E-state index contributed by atoms with van der Waals surface area (Å²) in [5.74, 6) is 0.361. The molecule has 6 nitrogen and oxygen atoms in total. The molecule has 2 amide bonds. The number of nitrogens with one attached hydrogen (secondary N) is 2. The summed E-state index contributed by atoms with van der Waals surface area (Å²) in [5, 5.41) is 5.18. The monoisotopic (exact) mass is 236 g/mol. The average molecular weight is 236 g/mol. The number of carbonyl (C=O) groups excluding carboxylic acids is 2. The predicted molar refractivity (Wildman–Crippen MR) is 61.2 cm³/mol. The molecule has 0 bridgehead atoms. The summed E-state index contributed by atoms with van der Waals surface area (Å²) in [6.45, 7) is 1.67. The lowest BCUT2D eigenvalue weighted by Gasteiger charge is -2.23. The molecule has 1 aromatic rings. The van der Waals surface area contributed by atoms with Gasteiger partial charge in [-0.25, -0.2) is 4.79 Å². The van der Waals surface area contributed by atoms with E-state index >= 15 is 0 Å². The van der Waals surface area contributed by atoms with Crippen LogP contribution in [0.1, 0.15) is 6.92 Å². The second-order valence-electron chi connectivity index (χ2n) is 3.58. The van der Waals surface area contributed by atoms with E-state index < -0.39 is 12.2 Å². The van der Waals surface area contributed by atoms with E-state index in [-0.39, 0.29) is 5.91 Å². The van der Waals surface area contributed by atoms with Crippen molar-refractivity contribution in [2.75, 3.05) is 17.7 Å². The summed E-state index contributed by atoms with van der Waals surface area (Å²) >= 11 is 0. The number of carbonyl (C=O) groups is 2. The van der Waals surface area contributed by atoms with Gasteiger partial charge in [-0.1, -0.05) is 0 Å². The third-order valence-corrected chi connectivity index (χ3v) is 2.34. The Labute approximate surface area is 97.9 Å². The minimum Gasteiger partial charge on any atom is -0.479 e. The summed E-state index contributed by atoms with van der Waals surface area (Å²) in [7, 11) is 1.28. The van der Waals surface area contributed by atoms with Crippen molar-refractivity contribution in [2.45, 2.75) is 13.0 Å². The molecule has 0 aromatic heterocycles. The molecule has 0 radical (unpaired) electrons. The van der Waals surface area contributed by atoms with Crippen LogP contribution in [0.15, 0.2) is 18.2 Å². The number of fused-ring (bicyclic) bond motifs is 1. The summed E-state index contributed by atoms with van der Waals surface area (Å²) < 4.78 is 9.84. The molecule has 0 fully saturated rings. The Kier molecular flexibility index (Phi) is 2.86. The molecular formula is C11H12N2O4. The van der Waals surface area contributed by atoms with Crippen LogP contribution in [0.3, 0.4) is 0 Å². The minimum absolute atomic E-state index is 0.215. The first-order chi connectivity index (χ1) is 8.10. The van der Waals surface area contributed by atoms with Gasteiger partial charge in [-0.3, -0.25) is 10.1 Å². The number of rotatable bonds is 1. The Balaban J connectivity index is 2.22. The smallest absolute Gasteiger partial charge is 0.411 e. The molecule has 1 aromatic carbocycles. The molecular weight excluding hydrogens is 224 g/mol. The van der Waals surface area contributed by atoms with E-state index in [9.17, 15) is 9.59 Å². The number of benzene rings is 1. The van der Waals surface area contributed by atoms with E-state index in [1.807, 2.05) is 0 Å². The highest BCUT2D eigenvalue weighted by Gasteiger charge is 2.23. The number of hydrogen-bond acceptors (Lipinski definition) is 4. The molecule has 0 saturated heterocycles. The molecule has 6 heteroatoms. The zero-order chi connectivity index (χ0) is 12.4. The van der Waals surface area contributed by atoms with Crippen LogP contribution in [-0.4, -0.2) is 25.2 Å². The standard InChI is InChI=1S/C11H12N2O4/c1-6-10(14)13-8-5-7(12-11(15)16-2)3-4-9(8)17-6/h3-6H,1-2H3,(H,12,15)(H,13,14). The molecule has 1 atom stereocenters. The zero-order valence-corrected chi connectivity index (χ0v) is 9.44. The van der Waals surface area contributed by atoms with E-state index in [4.69, 9.17) is 4.74 Å². The van der Waals surface area contributed by atoms with Gasteiger partial charge in [0, 0.05) is 5.69 Å². The van der Waals surface area contributed by atoms with Gasteiger partial charge >= 0.3 is 6.09 Å². The van der Waals surface area contributed by atoms with Crippen molar-refractivity contribution >= 4 is 23.4 Å². The number of hydrogen-bond donors (Lipinski definition) is 2. The first kappa shape index (κ1) is 11.3. The average Bonchev–Trinajstić information content (AvgIpc) is 2.31. The molecule has 2 N–H and O–H groups in total. The van der Waals surface area contributed by atoms with E-state index in [0.29, 0.717) is 17.1 Å². The normalized spacial score (nSPS) is 17.5. The number of anilines is 2. The van der Waals surface area contributed by atoms with Crippen molar-refractivity contribution in [3.8, 4) is 5.75 Å². The first-order valence-electron chi connectivity index (χ1n) is 5.06. The van der Waals surface area contributed by atoms with E-state index in [2.05, 4.69) is 15.4 Å². The van der Waals surface area contributed by atoms with Crippen molar-refractivity contribution in [1.29, 1.82) is 0 Å². The Morgan fingerprint density at radius 1 is 1.53 bits per heavy atom. The molecule has 0 saturated carbocycles. The van der Waals surface area contributed by atoms with Gasteiger partial charge in [0.15, 0.2) is 6.10 Å². The molecule has 1 heterocycles. The van der Waals surface area contributed by atoms with E-state index in [1.54, 1.807) is 25.1 Å². The second kappa shape index (κ2) is 4.32. The van der Waals surface area contributed by atoms with Gasteiger partial charge in [0.1, 0.15) is 5.75 Å². The predicted octanol–water partition coefficient (Wildman–Crippen LogP) is 1.58. The molecule has 1 aliphatic rings. The van der Waals surface area contributed by atoms with Gasteiger partial charge < -0.3 is 14.8 Å². The third kappa shape index (κ3) is 2.30. The van der Waals surface area contributed by atoms with Crippen LogP contribution in [0.4, 0.5) is 16.2 Å². The number of ether oxygens (including phenoxy) is 2. The van der Waals surface area contributed by atoms with E-state index in [1.165, 1.54) is 7.11 Å². The Morgan fingerprint density at radius 2 is 2.29 bits per heavy atom. The maximum absolute atomic E-state index is 11.4. The van der Waals surface area contributed by atoms with Crippen LogP contribution in [0.25, 0.3) is 0 Å². The Morgan fingerprint density at radius 3 is 3.00 bits per heavy atom. The number of methoxy groups -OCH3 is 1. The van der Waals surface area contributed by atoms with Crippen LogP contribution < -0.4 is 15.4 Å².